The number of benzene rings is 2. The Kier molecular flexibility index (Phi) is 3.82. The third-order valence-corrected chi connectivity index (χ3v) is 5.41. The number of phenolic OH excluding ortho intramolecular Hbond substituents is 1. The van der Waals surface area contributed by atoms with Crippen molar-refractivity contribution in [2.24, 2.45) is 0 Å². The van der Waals surface area contributed by atoms with Crippen LogP contribution in [0.5, 0.6) is 5.75 Å². The van der Waals surface area contributed by atoms with Gasteiger partial charge in [-0.25, -0.2) is 8.42 Å². The normalized spacial score (nSPS) is 11.4. The quantitative estimate of drug-likeness (QED) is 0.853. The number of rotatable bonds is 3. The predicted molar refractivity (Wildman–Crippen MR) is 84.0 cm³/mol. The maximum Gasteiger partial charge on any atom is 0.264 e. The van der Waals surface area contributed by atoms with Crippen LogP contribution >= 0.6 is 0 Å². The lowest BCUT2D eigenvalue weighted by Gasteiger charge is -2.21. The number of sulfonamides is 1. The van der Waals surface area contributed by atoms with E-state index >= 15 is 0 Å². The Morgan fingerprint density at radius 2 is 1.67 bits per heavy atom. The summed E-state index contributed by atoms with van der Waals surface area (Å²) in [6.07, 6.45) is 0. The molecule has 0 aromatic heterocycles. The zero-order chi connectivity index (χ0) is 15.8. The highest BCUT2D eigenvalue weighted by Gasteiger charge is 2.24. The fourth-order valence-electron chi connectivity index (χ4n) is 2.07. The van der Waals surface area contributed by atoms with Gasteiger partial charge in [-0.05, 0) is 61.4 Å². The summed E-state index contributed by atoms with van der Waals surface area (Å²) < 4.78 is 26.7. The van der Waals surface area contributed by atoms with E-state index in [1.54, 1.807) is 25.1 Å². The van der Waals surface area contributed by atoms with Crippen LogP contribution in [-0.2, 0) is 10.0 Å². The molecule has 0 saturated heterocycles. The van der Waals surface area contributed by atoms with Gasteiger partial charge in [-0.3, -0.25) is 4.31 Å². The molecule has 0 bridgehead atoms. The molecule has 0 aliphatic rings. The van der Waals surface area contributed by atoms with Gasteiger partial charge < -0.3 is 10.8 Å². The van der Waals surface area contributed by atoms with Gasteiger partial charge in [0, 0.05) is 12.7 Å². The molecule has 2 rings (SSSR count). The average molecular weight is 306 g/mol. The van der Waals surface area contributed by atoms with Gasteiger partial charge in [0.1, 0.15) is 5.75 Å². The van der Waals surface area contributed by atoms with E-state index in [4.69, 9.17) is 5.73 Å². The number of hydrogen-bond acceptors (Lipinski definition) is 4. The minimum Gasteiger partial charge on any atom is -0.508 e. The molecule has 0 saturated carbocycles. The van der Waals surface area contributed by atoms with E-state index in [1.807, 2.05) is 6.92 Å². The zero-order valence-corrected chi connectivity index (χ0v) is 13.0. The Morgan fingerprint density at radius 1 is 1.10 bits per heavy atom. The van der Waals surface area contributed by atoms with Crippen LogP contribution in [0.25, 0.3) is 0 Å². The Balaban J connectivity index is 2.54. The minimum absolute atomic E-state index is 0.0838. The van der Waals surface area contributed by atoms with Crippen LogP contribution in [0.2, 0.25) is 0 Å². The third-order valence-electron chi connectivity index (χ3n) is 3.49. The molecule has 2 aromatic carbocycles. The van der Waals surface area contributed by atoms with Crippen LogP contribution in [0.3, 0.4) is 0 Å². The average Bonchev–Trinajstić information content (AvgIpc) is 2.42. The fourth-order valence-corrected chi connectivity index (χ4v) is 3.60. The summed E-state index contributed by atoms with van der Waals surface area (Å²) in [7, 11) is -2.24. The highest BCUT2D eigenvalue weighted by Crippen LogP contribution is 2.28. The van der Waals surface area contributed by atoms with E-state index in [9.17, 15) is 13.5 Å². The molecular weight excluding hydrogens is 288 g/mol. The molecule has 0 heterocycles. The number of nitrogens with two attached hydrogens (primary N) is 1. The Bertz CT molecular complexity index is 768. The second kappa shape index (κ2) is 5.29. The lowest BCUT2D eigenvalue weighted by Crippen LogP contribution is -2.27. The molecule has 0 aliphatic heterocycles. The number of nitrogen functional groups attached to an aromatic ring is 1. The number of hydrogen-bond donors (Lipinski definition) is 2. The van der Waals surface area contributed by atoms with Crippen molar-refractivity contribution in [3.63, 3.8) is 0 Å². The number of aromatic hydroxyl groups is 1. The summed E-state index contributed by atoms with van der Waals surface area (Å²) in [5.41, 5.74) is 8.15. The molecule has 2 aromatic rings. The summed E-state index contributed by atoms with van der Waals surface area (Å²) >= 11 is 0. The standard InChI is InChI=1S/C15H18N2O3S/c1-10-8-12(16)9-15(11(10)2)21(19,20)17(3)13-4-6-14(18)7-5-13/h4-9,18H,16H2,1-3H3. The largest absolute Gasteiger partial charge is 0.508 e. The SMILES string of the molecule is Cc1cc(N)cc(S(=O)(=O)N(C)c2ccc(O)cc2)c1C. The van der Waals surface area contributed by atoms with Crippen LogP contribution < -0.4 is 10.0 Å². The Labute approximate surface area is 124 Å². The first kappa shape index (κ1) is 15.2. The summed E-state index contributed by atoms with van der Waals surface area (Å²) in [6.45, 7) is 3.58. The van der Waals surface area contributed by atoms with Crippen LogP contribution in [0.1, 0.15) is 11.1 Å². The number of nitrogens with zero attached hydrogens (tertiary/aromatic N) is 1. The van der Waals surface area contributed by atoms with Gasteiger partial charge in [-0.1, -0.05) is 0 Å². The highest BCUT2D eigenvalue weighted by atomic mass is 32.2. The molecule has 0 unspecified atom stereocenters. The Hall–Kier alpha value is -2.21. The van der Waals surface area contributed by atoms with Crippen molar-refractivity contribution in [2.45, 2.75) is 18.7 Å². The molecule has 112 valence electrons. The Morgan fingerprint density at radius 3 is 2.24 bits per heavy atom. The van der Waals surface area contributed by atoms with Crippen LogP contribution in [0, 0.1) is 13.8 Å². The second-order valence-electron chi connectivity index (χ2n) is 4.95. The lowest BCUT2D eigenvalue weighted by atomic mass is 10.1. The van der Waals surface area contributed by atoms with Crippen molar-refractivity contribution in [2.75, 3.05) is 17.1 Å². The molecule has 0 spiro atoms. The molecule has 0 aliphatic carbocycles. The van der Waals surface area contributed by atoms with Crippen LogP contribution in [-0.4, -0.2) is 20.6 Å². The van der Waals surface area contributed by atoms with E-state index in [1.165, 1.54) is 29.6 Å². The van der Waals surface area contributed by atoms with Crippen molar-refractivity contribution in [3.8, 4) is 5.75 Å². The second-order valence-corrected chi connectivity index (χ2v) is 6.89. The topological polar surface area (TPSA) is 83.6 Å². The van der Waals surface area contributed by atoms with Crippen LogP contribution in [0.15, 0.2) is 41.3 Å². The first-order chi connectivity index (χ1) is 9.73. The summed E-state index contributed by atoms with van der Waals surface area (Å²) in [5, 5.41) is 9.29. The first-order valence-corrected chi connectivity index (χ1v) is 7.82. The maximum atomic E-state index is 12.8. The van der Waals surface area contributed by atoms with E-state index in [0.29, 0.717) is 16.9 Å². The molecule has 6 heteroatoms. The van der Waals surface area contributed by atoms with Gasteiger partial charge in [0.05, 0.1) is 10.6 Å². The summed E-state index contributed by atoms with van der Waals surface area (Å²) in [6, 6.07) is 9.18. The van der Waals surface area contributed by atoms with Gasteiger partial charge in [-0.15, -0.1) is 0 Å². The number of aryl methyl sites for hydroxylation is 1. The predicted octanol–water partition coefficient (Wildman–Crippen LogP) is 2.42. The lowest BCUT2D eigenvalue weighted by molar-refractivity contribution is 0.475. The zero-order valence-electron chi connectivity index (χ0n) is 12.2. The van der Waals surface area contributed by atoms with E-state index < -0.39 is 10.0 Å². The van der Waals surface area contributed by atoms with E-state index in [-0.39, 0.29) is 10.6 Å². The summed E-state index contributed by atoms with van der Waals surface area (Å²) in [5.74, 6) is 0.0838. The third kappa shape index (κ3) is 2.80. The van der Waals surface area contributed by atoms with Gasteiger partial charge in [-0.2, -0.15) is 0 Å². The first-order valence-electron chi connectivity index (χ1n) is 6.38. The van der Waals surface area contributed by atoms with Crippen LogP contribution in [0.4, 0.5) is 11.4 Å². The molecule has 0 fully saturated rings. The monoisotopic (exact) mass is 306 g/mol. The fraction of sp³-hybridized carbons (Fsp3) is 0.200. The highest BCUT2D eigenvalue weighted by molar-refractivity contribution is 7.92. The minimum atomic E-state index is -3.71. The van der Waals surface area contributed by atoms with Crippen molar-refractivity contribution in [1.29, 1.82) is 0 Å². The molecule has 5 nitrogen and oxygen atoms in total. The van der Waals surface area contributed by atoms with Gasteiger partial charge in [0.2, 0.25) is 0 Å². The molecule has 0 amide bonds. The molecule has 0 radical (unpaired) electrons. The number of phenols is 1. The van der Waals surface area contributed by atoms with Gasteiger partial charge in [0.15, 0.2) is 0 Å². The van der Waals surface area contributed by atoms with Gasteiger partial charge >= 0.3 is 0 Å². The molecular formula is C15H18N2O3S. The maximum absolute atomic E-state index is 12.8. The van der Waals surface area contributed by atoms with E-state index in [2.05, 4.69) is 0 Å². The van der Waals surface area contributed by atoms with Crippen molar-refractivity contribution < 1.29 is 13.5 Å². The van der Waals surface area contributed by atoms with E-state index in [0.717, 1.165) is 5.56 Å². The molecule has 0 atom stereocenters. The van der Waals surface area contributed by atoms with Crippen molar-refractivity contribution in [1.82, 2.24) is 0 Å². The molecule has 21 heavy (non-hydrogen) atoms. The number of anilines is 2. The summed E-state index contributed by atoms with van der Waals surface area (Å²) in [4.78, 5) is 0.190. The smallest absolute Gasteiger partial charge is 0.264 e. The van der Waals surface area contributed by atoms with Crippen molar-refractivity contribution >= 4 is 21.4 Å². The van der Waals surface area contributed by atoms with Crippen molar-refractivity contribution in [3.05, 3.63) is 47.5 Å². The van der Waals surface area contributed by atoms with Gasteiger partial charge in [0.25, 0.3) is 10.0 Å². The molecule has 3 N–H and O–H groups in total.